The van der Waals surface area contributed by atoms with E-state index < -0.39 is 4.32 Å². The van der Waals surface area contributed by atoms with E-state index in [1.54, 1.807) is 0 Å². The molecule has 0 nitrogen and oxygen atoms in total. The molecule has 1 aliphatic carbocycles. The van der Waals surface area contributed by atoms with Crippen molar-refractivity contribution in [1.29, 1.82) is 0 Å². The van der Waals surface area contributed by atoms with Crippen LogP contribution in [-0.4, -0.2) is 4.32 Å². The molecular formula is C7H5BrCl4. The van der Waals surface area contributed by atoms with Crippen molar-refractivity contribution >= 4 is 62.3 Å². The standard InChI is InChI=1S/C7H5BrCl4/c1-2-7(8)5(11)3(9)4(10)6(7)12/h2H2,1H3. The van der Waals surface area contributed by atoms with E-state index in [4.69, 9.17) is 46.4 Å². The van der Waals surface area contributed by atoms with Gasteiger partial charge in [-0.2, -0.15) is 0 Å². The molecule has 0 aromatic rings. The van der Waals surface area contributed by atoms with Crippen LogP contribution in [0.1, 0.15) is 13.3 Å². The second kappa shape index (κ2) is 3.70. The Hall–Kier alpha value is 1.12. The Bertz CT molecular complexity index is 255. The lowest BCUT2D eigenvalue weighted by molar-refractivity contribution is 0.828. The van der Waals surface area contributed by atoms with E-state index in [2.05, 4.69) is 15.9 Å². The molecular weight excluding hydrogens is 306 g/mol. The quantitative estimate of drug-likeness (QED) is 0.603. The zero-order valence-electron chi connectivity index (χ0n) is 6.10. The minimum atomic E-state index is -0.565. The Kier molecular flexibility index (Phi) is 3.45. The molecule has 0 unspecified atom stereocenters. The third-order valence-corrected chi connectivity index (χ3v) is 5.64. The molecule has 5 heteroatoms. The van der Waals surface area contributed by atoms with Gasteiger partial charge in [0.1, 0.15) is 0 Å². The molecule has 0 aromatic carbocycles. The van der Waals surface area contributed by atoms with Crippen molar-refractivity contribution in [3.05, 3.63) is 20.1 Å². The molecule has 0 aliphatic heterocycles. The smallest absolute Gasteiger partial charge is 0.0855 e. The summed E-state index contributed by atoms with van der Waals surface area (Å²) in [6.07, 6.45) is 0.705. The van der Waals surface area contributed by atoms with Crippen molar-refractivity contribution in [2.24, 2.45) is 0 Å². The van der Waals surface area contributed by atoms with Gasteiger partial charge < -0.3 is 0 Å². The van der Waals surface area contributed by atoms with Crippen molar-refractivity contribution in [3.8, 4) is 0 Å². The molecule has 0 N–H and O–H groups in total. The van der Waals surface area contributed by atoms with Crippen LogP contribution in [0.25, 0.3) is 0 Å². The highest BCUT2D eigenvalue weighted by Crippen LogP contribution is 2.54. The van der Waals surface area contributed by atoms with E-state index in [1.807, 2.05) is 6.92 Å². The maximum atomic E-state index is 5.95. The van der Waals surface area contributed by atoms with Gasteiger partial charge in [-0.25, -0.2) is 0 Å². The average molecular weight is 311 g/mol. The topological polar surface area (TPSA) is 0 Å². The van der Waals surface area contributed by atoms with Gasteiger partial charge in [0.15, 0.2) is 0 Å². The Morgan fingerprint density at radius 1 is 1.08 bits per heavy atom. The molecule has 68 valence electrons. The molecule has 0 saturated carbocycles. The molecule has 0 spiro atoms. The van der Waals surface area contributed by atoms with Crippen LogP contribution >= 0.6 is 62.3 Å². The van der Waals surface area contributed by atoms with E-state index in [-0.39, 0.29) is 0 Å². The number of alkyl halides is 1. The van der Waals surface area contributed by atoms with Gasteiger partial charge >= 0.3 is 0 Å². The largest absolute Gasteiger partial charge is 0.0994 e. The Balaban J connectivity index is 3.25. The van der Waals surface area contributed by atoms with E-state index in [0.29, 0.717) is 26.5 Å². The molecule has 12 heavy (non-hydrogen) atoms. The van der Waals surface area contributed by atoms with Crippen molar-refractivity contribution < 1.29 is 0 Å². The molecule has 1 rings (SSSR count). The highest BCUT2D eigenvalue weighted by Gasteiger charge is 2.42. The van der Waals surface area contributed by atoms with Gasteiger partial charge in [-0.05, 0) is 6.42 Å². The lowest BCUT2D eigenvalue weighted by Gasteiger charge is -2.20. The van der Waals surface area contributed by atoms with Gasteiger partial charge in [-0.15, -0.1) is 0 Å². The summed E-state index contributed by atoms with van der Waals surface area (Å²) in [5.74, 6) is 0. The maximum absolute atomic E-state index is 5.95. The number of hydrogen-bond donors (Lipinski definition) is 0. The van der Waals surface area contributed by atoms with Crippen LogP contribution in [0, 0.1) is 0 Å². The third kappa shape index (κ3) is 1.44. The summed E-state index contributed by atoms with van der Waals surface area (Å²) in [5.41, 5.74) is 0. The fourth-order valence-electron chi connectivity index (χ4n) is 0.947. The highest BCUT2D eigenvalue weighted by atomic mass is 79.9. The first-order valence-electron chi connectivity index (χ1n) is 3.26. The predicted molar refractivity (Wildman–Crippen MR) is 59.4 cm³/mol. The van der Waals surface area contributed by atoms with Gasteiger partial charge in [0.2, 0.25) is 0 Å². The Labute approximate surface area is 99.6 Å². The number of allylic oxidation sites excluding steroid dienone is 4. The summed E-state index contributed by atoms with van der Waals surface area (Å²) in [7, 11) is 0. The van der Waals surface area contributed by atoms with Crippen LogP contribution in [0.2, 0.25) is 0 Å². The zero-order chi connectivity index (χ0) is 9.52. The van der Waals surface area contributed by atoms with Crippen LogP contribution in [0.4, 0.5) is 0 Å². The highest BCUT2D eigenvalue weighted by molar-refractivity contribution is 9.10. The number of halogens is 5. The van der Waals surface area contributed by atoms with Gasteiger partial charge in [-0.3, -0.25) is 0 Å². The fourth-order valence-corrected chi connectivity index (χ4v) is 2.87. The lowest BCUT2D eigenvalue weighted by Crippen LogP contribution is -2.17. The van der Waals surface area contributed by atoms with Crippen molar-refractivity contribution in [1.82, 2.24) is 0 Å². The van der Waals surface area contributed by atoms with Crippen molar-refractivity contribution in [2.45, 2.75) is 17.7 Å². The molecule has 0 atom stereocenters. The summed E-state index contributed by atoms with van der Waals surface area (Å²) in [5, 5.41) is 1.59. The zero-order valence-corrected chi connectivity index (χ0v) is 10.7. The predicted octanol–water partition coefficient (Wildman–Crippen LogP) is 4.92. The number of rotatable bonds is 1. The summed E-state index contributed by atoms with van der Waals surface area (Å²) < 4.78 is -0.565. The molecule has 0 bridgehead atoms. The van der Waals surface area contributed by atoms with Crippen LogP contribution in [-0.2, 0) is 0 Å². The van der Waals surface area contributed by atoms with Crippen LogP contribution in [0.3, 0.4) is 0 Å². The minimum Gasteiger partial charge on any atom is -0.0855 e. The van der Waals surface area contributed by atoms with Crippen LogP contribution < -0.4 is 0 Å². The van der Waals surface area contributed by atoms with E-state index in [9.17, 15) is 0 Å². The summed E-state index contributed by atoms with van der Waals surface area (Å²) in [6.45, 7) is 1.94. The van der Waals surface area contributed by atoms with Crippen LogP contribution in [0.5, 0.6) is 0 Å². The van der Waals surface area contributed by atoms with Gasteiger partial charge in [-0.1, -0.05) is 69.3 Å². The van der Waals surface area contributed by atoms with E-state index >= 15 is 0 Å². The first kappa shape index (κ1) is 11.2. The van der Waals surface area contributed by atoms with Gasteiger partial charge in [0.05, 0.1) is 24.5 Å². The maximum Gasteiger partial charge on any atom is 0.0994 e. The summed E-state index contributed by atoms with van der Waals surface area (Å²) in [6, 6.07) is 0. The van der Waals surface area contributed by atoms with Crippen molar-refractivity contribution in [2.75, 3.05) is 0 Å². The first-order valence-corrected chi connectivity index (χ1v) is 5.56. The Morgan fingerprint density at radius 2 is 1.42 bits per heavy atom. The van der Waals surface area contributed by atoms with Gasteiger partial charge in [0.25, 0.3) is 0 Å². The second-order valence-electron chi connectivity index (χ2n) is 2.41. The molecule has 0 radical (unpaired) electrons. The molecule has 0 heterocycles. The molecule has 0 aromatic heterocycles. The molecule has 0 saturated heterocycles. The normalized spacial score (nSPS) is 22.5. The second-order valence-corrected chi connectivity index (χ2v) is 5.28. The Morgan fingerprint density at radius 3 is 1.58 bits per heavy atom. The van der Waals surface area contributed by atoms with E-state index in [1.165, 1.54) is 0 Å². The van der Waals surface area contributed by atoms with Crippen molar-refractivity contribution in [3.63, 3.8) is 0 Å². The summed E-state index contributed by atoms with van der Waals surface area (Å²) in [4.78, 5) is 0. The van der Waals surface area contributed by atoms with Gasteiger partial charge in [0, 0.05) is 0 Å². The minimum absolute atomic E-state index is 0.335. The molecule has 0 amide bonds. The first-order chi connectivity index (χ1) is 5.45. The lowest BCUT2D eigenvalue weighted by atomic mass is 10.1. The monoisotopic (exact) mass is 308 g/mol. The van der Waals surface area contributed by atoms with E-state index in [0.717, 1.165) is 0 Å². The SMILES string of the molecule is CCC1(Br)C(Cl)=C(Cl)C(Cl)=C1Cl. The summed E-state index contributed by atoms with van der Waals surface area (Å²) >= 11 is 26.9. The molecule has 0 fully saturated rings. The number of hydrogen-bond acceptors (Lipinski definition) is 0. The molecule has 1 aliphatic rings. The van der Waals surface area contributed by atoms with Crippen LogP contribution in [0.15, 0.2) is 20.1 Å². The average Bonchev–Trinajstić information content (AvgIpc) is 2.22. The third-order valence-electron chi connectivity index (χ3n) is 1.76. The fraction of sp³-hybridized carbons (Fsp3) is 0.429.